The summed E-state index contributed by atoms with van der Waals surface area (Å²) in [6.07, 6.45) is -0.866. The number of thiophene rings is 1. The van der Waals surface area contributed by atoms with Crippen molar-refractivity contribution in [3.63, 3.8) is 0 Å². The molecule has 0 aliphatic carbocycles. The average molecular weight is 362 g/mol. The number of nitrogens with zero attached hydrogens (tertiary/aromatic N) is 2. The topological polar surface area (TPSA) is 49.9 Å². The molecule has 132 valence electrons. The van der Waals surface area contributed by atoms with E-state index in [2.05, 4.69) is 0 Å². The molecule has 1 aliphatic rings. The number of amides is 2. The van der Waals surface area contributed by atoms with Crippen LogP contribution in [-0.2, 0) is 20.9 Å². The van der Waals surface area contributed by atoms with Crippen molar-refractivity contribution in [2.75, 3.05) is 20.7 Å². The highest BCUT2D eigenvalue weighted by molar-refractivity contribution is 7.09. The Morgan fingerprint density at radius 3 is 2.88 bits per heavy atom. The molecule has 25 heavy (non-hydrogen) atoms. The third-order valence-electron chi connectivity index (χ3n) is 4.27. The fraction of sp³-hybridized carbons (Fsp3) is 0.333. The van der Waals surface area contributed by atoms with Crippen LogP contribution in [0.15, 0.2) is 41.8 Å². The van der Waals surface area contributed by atoms with Gasteiger partial charge in [-0.2, -0.15) is 0 Å². The molecule has 2 aromatic rings. The first kappa shape index (κ1) is 17.6. The Morgan fingerprint density at radius 1 is 1.40 bits per heavy atom. The lowest BCUT2D eigenvalue weighted by Crippen LogP contribution is -2.53. The minimum absolute atomic E-state index is 0.161. The summed E-state index contributed by atoms with van der Waals surface area (Å²) >= 11 is 1.57. The molecule has 2 atom stereocenters. The third kappa shape index (κ3) is 3.72. The zero-order chi connectivity index (χ0) is 18.0. The molecule has 0 saturated carbocycles. The standard InChI is InChI=1S/C18H19FN2O3S/c1-20(10-14-7-4-8-25-14)18(23)17-16(21(2)15(22)11-24-17)12-5-3-6-13(19)9-12/h3-9,16-17H,10-11H2,1-2H3/t16-,17-/m0/s1. The van der Waals surface area contributed by atoms with Gasteiger partial charge in [-0.15, -0.1) is 11.3 Å². The Morgan fingerprint density at radius 2 is 2.20 bits per heavy atom. The predicted molar refractivity (Wildman–Crippen MR) is 92.4 cm³/mol. The summed E-state index contributed by atoms with van der Waals surface area (Å²) in [5, 5.41) is 1.95. The molecule has 0 radical (unpaired) electrons. The fourth-order valence-electron chi connectivity index (χ4n) is 2.94. The highest BCUT2D eigenvalue weighted by Gasteiger charge is 2.41. The van der Waals surface area contributed by atoms with Crippen LogP contribution in [0.2, 0.25) is 0 Å². The number of halogens is 1. The monoisotopic (exact) mass is 362 g/mol. The number of rotatable bonds is 4. The summed E-state index contributed by atoms with van der Waals surface area (Å²) in [6.45, 7) is 0.301. The minimum atomic E-state index is -0.866. The lowest BCUT2D eigenvalue weighted by Gasteiger charge is -2.39. The normalized spacial score (nSPS) is 20.6. The van der Waals surface area contributed by atoms with Gasteiger partial charge in [0.25, 0.3) is 5.91 Å². The molecule has 0 unspecified atom stereocenters. The number of carbonyl (C=O) groups excluding carboxylic acids is 2. The van der Waals surface area contributed by atoms with Crippen molar-refractivity contribution in [1.82, 2.24) is 9.80 Å². The quantitative estimate of drug-likeness (QED) is 0.839. The molecule has 1 aromatic heterocycles. The Hall–Kier alpha value is -2.25. The van der Waals surface area contributed by atoms with Gasteiger partial charge in [0, 0.05) is 19.0 Å². The Labute approximate surface area is 149 Å². The highest BCUT2D eigenvalue weighted by atomic mass is 32.1. The van der Waals surface area contributed by atoms with Gasteiger partial charge >= 0.3 is 0 Å². The number of hydrogen-bond acceptors (Lipinski definition) is 4. The van der Waals surface area contributed by atoms with Gasteiger partial charge in [0.15, 0.2) is 6.10 Å². The van der Waals surface area contributed by atoms with Crippen LogP contribution >= 0.6 is 11.3 Å². The van der Waals surface area contributed by atoms with E-state index in [1.165, 1.54) is 17.0 Å². The first-order chi connectivity index (χ1) is 12.0. The number of ether oxygens (including phenoxy) is 1. The molecule has 2 amide bonds. The molecular weight excluding hydrogens is 343 g/mol. The molecule has 5 nitrogen and oxygen atoms in total. The van der Waals surface area contributed by atoms with Gasteiger partial charge in [0.05, 0.1) is 12.6 Å². The van der Waals surface area contributed by atoms with Crippen LogP contribution in [0.1, 0.15) is 16.5 Å². The van der Waals surface area contributed by atoms with Crippen molar-refractivity contribution in [1.29, 1.82) is 0 Å². The van der Waals surface area contributed by atoms with Gasteiger partial charge in [-0.05, 0) is 29.1 Å². The fourth-order valence-corrected chi connectivity index (χ4v) is 3.70. The van der Waals surface area contributed by atoms with Gasteiger partial charge in [0.2, 0.25) is 5.91 Å². The number of carbonyl (C=O) groups is 2. The van der Waals surface area contributed by atoms with Crippen molar-refractivity contribution >= 4 is 23.2 Å². The van der Waals surface area contributed by atoms with E-state index in [1.54, 1.807) is 42.5 Å². The van der Waals surface area contributed by atoms with E-state index < -0.39 is 18.0 Å². The SMILES string of the molecule is CN(Cc1cccs1)C(=O)[C@H]1OCC(=O)N(C)[C@H]1c1cccc(F)c1. The lowest BCUT2D eigenvalue weighted by atomic mass is 9.97. The minimum Gasteiger partial charge on any atom is -0.356 e. The molecule has 1 saturated heterocycles. The highest BCUT2D eigenvalue weighted by Crippen LogP contribution is 2.30. The molecule has 3 rings (SSSR count). The summed E-state index contributed by atoms with van der Waals surface area (Å²) < 4.78 is 19.2. The second-order valence-electron chi connectivity index (χ2n) is 6.01. The molecule has 1 aromatic carbocycles. The average Bonchev–Trinajstić information content (AvgIpc) is 3.09. The van der Waals surface area contributed by atoms with Crippen molar-refractivity contribution in [2.45, 2.75) is 18.7 Å². The van der Waals surface area contributed by atoms with Gasteiger partial charge in [0.1, 0.15) is 12.4 Å². The van der Waals surface area contributed by atoms with Crippen LogP contribution < -0.4 is 0 Å². The van der Waals surface area contributed by atoms with E-state index in [9.17, 15) is 14.0 Å². The summed E-state index contributed by atoms with van der Waals surface area (Å²) in [4.78, 5) is 29.0. The van der Waals surface area contributed by atoms with Gasteiger partial charge in [-0.1, -0.05) is 18.2 Å². The van der Waals surface area contributed by atoms with Crippen LogP contribution in [-0.4, -0.2) is 48.4 Å². The Bertz CT molecular complexity index is 765. The zero-order valence-electron chi connectivity index (χ0n) is 14.0. The van der Waals surface area contributed by atoms with E-state index in [0.29, 0.717) is 12.1 Å². The Balaban J connectivity index is 1.86. The van der Waals surface area contributed by atoms with Crippen LogP contribution in [0.25, 0.3) is 0 Å². The van der Waals surface area contributed by atoms with Gasteiger partial charge in [-0.3, -0.25) is 9.59 Å². The maximum atomic E-state index is 13.6. The van der Waals surface area contributed by atoms with E-state index in [1.807, 2.05) is 17.5 Å². The van der Waals surface area contributed by atoms with Gasteiger partial charge < -0.3 is 14.5 Å². The van der Waals surface area contributed by atoms with Crippen LogP contribution in [0.3, 0.4) is 0 Å². The lowest BCUT2D eigenvalue weighted by molar-refractivity contribution is -0.167. The van der Waals surface area contributed by atoms with Crippen molar-refractivity contribution < 1.29 is 18.7 Å². The zero-order valence-corrected chi connectivity index (χ0v) is 14.8. The maximum absolute atomic E-state index is 13.6. The summed E-state index contributed by atoms with van der Waals surface area (Å²) in [7, 11) is 3.31. The van der Waals surface area contributed by atoms with Crippen molar-refractivity contribution in [3.8, 4) is 0 Å². The second kappa shape index (κ2) is 7.33. The molecule has 2 heterocycles. The Kier molecular flexibility index (Phi) is 5.15. The van der Waals surface area contributed by atoms with E-state index in [0.717, 1.165) is 4.88 Å². The van der Waals surface area contributed by atoms with Crippen molar-refractivity contribution in [3.05, 3.63) is 58.0 Å². The third-order valence-corrected chi connectivity index (χ3v) is 5.13. The van der Waals surface area contributed by atoms with Crippen LogP contribution in [0.4, 0.5) is 4.39 Å². The molecule has 0 spiro atoms. The van der Waals surface area contributed by atoms with Crippen molar-refractivity contribution in [2.24, 2.45) is 0 Å². The second-order valence-corrected chi connectivity index (χ2v) is 7.04. The van der Waals surface area contributed by atoms with Gasteiger partial charge in [-0.25, -0.2) is 4.39 Å². The number of likely N-dealkylation sites (N-methyl/N-ethyl adjacent to an activating group) is 2. The molecule has 1 fully saturated rings. The molecule has 1 aliphatic heterocycles. The predicted octanol–water partition coefficient (Wildman–Crippen LogP) is 2.44. The van der Waals surface area contributed by atoms with E-state index in [-0.39, 0.29) is 18.4 Å². The first-order valence-corrected chi connectivity index (χ1v) is 8.75. The summed E-state index contributed by atoms with van der Waals surface area (Å²) in [5.74, 6) is -0.886. The van der Waals surface area contributed by atoms with Crippen LogP contribution in [0, 0.1) is 5.82 Å². The molecule has 7 heteroatoms. The van der Waals surface area contributed by atoms with Crippen LogP contribution in [0.5, 0.6) is 0 Å². The maximum Gasteiger partial charge on any atom is 0.254 e. The molecule has 0 bridgehead atoms. The molecular formula is C18H19FN2O3S. The van der Waals surface area contributed by atoms with E-state index >= 15 is 0 Å². The summed E-state index contributed by atoms with van der Waals surface area (Å²) in [5.41, 5.74) is 0.540. The molecule has 0 N–H and O–H groups in total. The number of morpholine rings is 1. The van der Waals surface area contributed by atoms with E-state index in [4.69, 9.17) is 4.74 Å². The largest absolute Gasteiger partial charge is 0.356 e. The number of benzene rings is 1. The smallest absolute Gasteiger partial charge is 0.254 e. The first-order valence-electron chi connectivity index (χ1n) is 7.87. The number of hydrogen-bond donors (Lipinski definition) is 0. The summed E-state index contributed by atoms with van der Waals surface area (Å²) in [6, 6.07) is 9.15.